The number of nitrogens with zero attached hydrogens (tertiary/aromatic N) is 5. The van der Waals surface area contributed by atoms with Gasteiger partial charge < -0.3 is 0 Å². The van der Waals surface area contributed by atoms with Crippen LogP contribution in [0.15, 0.2) is 41.1 Å². The number of carbonyl (C=O) groups excluding carboxylic acids is 1. The normalized spacial score (nSPS) is 17.1. The summed E-state index contributed by atoms with van der Waals surface area (Å²) in [6.07, 6.45) is 0.577. The van der Waals surface area contributed by atoms with E-state index in [-0.39, 0.29) is 22.3 Å². The molecule has 1 unspecified atom stereocenters. The van der Waals surface area contributed by atoms with Crippen LogP contribution in [-0.2, 0) is 4.79 Å². The van der Waals surface area contributed by atoms with Crippen LogP contribution in [0.4, 0.5) is 5.69 Å². The SMILES string of the molecule is N#CC(C#N)=C1C2=C(C([N+](=O)[O-])=CC([N+](=O)[O-])C2=O)c2ccc([N+](=O)[O-])cc21. The molecule has 0 aromatic heterocycles. The summed E-state index contributed by atoms with van der Waals surface area (Å²) < 4.78 is 0. The molecular formula is C16H5N5O7. The number of ketones is 1. The van der Waals surface area contributed by atoms with Crippen LogP contribution in [0, 0.1) is 53.0 Å². The molecule has 12 nitrogen and oxygen atoms in total. The van der Waals surface area contributed by atoms with Crippen molar-refractivity contribution >= 4 is 22.6 Å². The van der Waals surface area contributed by atoms with Gasteiger partial charge in [0.2, 0.25) is 5.78 Å². The number of hydrogen-bond acceptors (Lipinski definition) is 9. The van der Waals surface area contributed by atoms with E-state index >= 15 is 0 Å². The molecule has 3 rings (SSSR count). The van der Waals surface area contributed by atoms with Gasteiger partial charge in [-0.05, 0) is 17.2 Å². The Hall–Kier alpha value is -4.71. The average Bonchev–Trinajstić information content (AvgIpc) is 2.98. The van der Waals surface area contributed by atoms with Gasteiger partial charge in [0.05, 0.1) is 21.5 Å². The monoisotopic (exact) mass is 379 g/mol. The van der Waals surface area contributed by atoms with E-state index in [0.29, 0.717) is 6.08 Å². The predicted octanol–water partition coefficient (Wildman–Crippen LogP) is 1.55. The molecule has 0 saturated carbocycles. The Morgan fingerprint density at radius 3 is 2.11 bits per heavy atom. The molecule has 0 heterocycles. The van der Waals surface area contributed by atoms with Crippen LogP contribution >= 0.6 is 0 Å². The third-order valence-corrected chi connectivity index (χ3v) is 4.24. The second-order valence-electron chi connectivity index (χ2n) is 5.61. The Balaban J connectivity index is 2.47. The molecule has 28 heavy (non-hydrogen) atoms. The molecule has 0 bridgehead atoms. The van der Waals surface area contributed by atoms with Crippen molar-refractivity contribution in [2.45, 2.75) is 6.04 Å². The number of allylic oxidation sites excluding steroid dienone is 3. The van der Waals surface area contributed by atoms with Crippen molar-refractivity contribution in [2.75, 3.05) is 0 Å². The van der Waals surface area contributed by atoms with E-state index < -0.39 is 49.1 Å². The van der Waals surface area contributed by atoms with E-state index in [2.05, 4.69) is 0 Å². The third kappa shape index (κ3) is 2.41. The molecule has 0 N–H and O–H groups in total. The van der Waals surface area contributed by atoms with E-state index in [1.165, 1.54) is 12.1 Å². The smallest absolute Gasteiger partial charge is 0.286 e. The van der Waals surface area contributed by atoms with Crippen LogP contribution in [0.3, 0.4) is 0 Å². The number of fused-ring (bicyclic) bond motifs is 2. The lowest BCUT2D eigenvalue weighted by Gasteiger charge is -2.13. The fourth-order valence-corrected chi connectivity index (χ4v) is 3.14. The van der Waals surface area contributed by atoms with Crippen molar-refractivity contribution in [3.8, 4) is 12.1 Å². The van der Waals surface area contributed by atoms with Crippen molar-refractivity contribution in [3.05, 3.63) is 82.6 Å². The van der Waals surface area contributed by atoms with Crippen LogP contribution in [0.25, 0.3) is 11.1 Å². The molecule has 136 valence electrons. The largest absolute Gasteiger partial charge is 0.299 e. The zero-order valence-corrected chi connectivity index (χ0v) is 13.5. The third-order valence-electron chi connectivity index (χ3n) is 4.24. The van der Waals surface area contributed by atoms with Gasteiger partial charge in [-0.2, -0.15) is 10.5 Å². The first kappa shape index (κ1) is 18.1. The maximum absolute atomic E-state index is 12.7. The maximum Gasteiger partial charge on any atom is 0.299 e. The molecule has 12 heteroatoms. The highest BCUT2D eigenvalue weighted by atomic mass is 16.6. The van der Waals surface area contributed by atoms with Crippen molar-refractivity contribution in [1.82, 2.24) is 0 Å². The highest BCUT2D eigenvalue weighted by Crippen LogP contribution is 2.49. The number of carbonyl (C=O) groups is 1. The molecule has 0 spiro atoms. The Morgan fingerprint density at radius 2 is 1.61 bits per heavy atom. The topological polar surface area (TPSA) is 194 Å². The number of nitro groups is 3. The van der Waals surface area contributed by atoms with Crippen LogP contribution in [0.1, 0.15) is 11.1 Å². The molecule has 0 amide bonds. The van der Waals surface area contributed by atoms with Crippen molar-refractivity contribution < 1.29 is 19.6 Å². The molecule has 1 atom stereocenters. The lowest BCUT2D eigenvalue weighted by atomic mass is 9.88. The van der Waals surface area contributed by atoms with Crippen LogP contribution in [-0.4, -0.2) is 26.6 Å². The van der Waals surface area contributed by atoms with Crippen molar-refractivity contribution in [2.24, 2.45) is 0 Å². The molecule has 0 radical (unpaired) electrons. The Labute approximate surface area is 154 Å². The molecule has 1 aromatic rings. The zero-order chi connectivity index (χ0) is 20.7. The summed E-state index contributed by atoms with van der Waals surface area (Å²) in [6, 6.07) is 4.10. The number of hydrogen-bond donors (Lipinski definition) is 0. The van der Waals surface area contributed by atoms with Gasteiger partial charge in [0.25, 0.3) is 17.4 Å². The molecule has 0 fully saturated rings. The van der Waals surface area contributed by atoms with Gasteiger partial charge in [-0.3, -0.25) is 35.1 Å². The molecule has 0 aliphatic heterocycles. The van der Waals surface area contributed by atoms with E-state index in [0.717, 1.165) is 18.2 Å². The lowest BCUT2D eigenvalue weighted by Crippen LogP contribution is -2.33. The van der Waals surface area contributed by atoms with Gasteiger partial charge in [0.15, 0.2) is 0 Å². The van der Waals surface area contributed by atoms with Crippen LogP contribution in [0.5, 0.6) is 0 Å². The van der Waals surface area contributed by atoms with Crippen molar-refractivity contribution in [1.29, 1.82) is 10.5 Å². The molecule has 2 aliphatic rings. The summed E-state index contributed by atoms with van der Waals surface area (Å²) >= 11 is 0. The Morgan fingerprint density at radius 1 is 0.964 bits per heavy atom. The predicted molar refractivity (Wildman–Crippen MR) is 89.0 cm³/mol. The summed E-state index contributed by atoms with van der Waals surface area (Å²) in [6.45, 7) is 0. The highest BCUT2D eigenvalue weighted by Gasteiger charge is 2.48. The minimum Gasteiger partial charge on any atom is -0.286 e. The van der Waals surface area contributed by atoms with E-state index in [1.807, 2.05) is 0 Å². The van der Waals surface area contributed by atoms with Gasteiger partial charge in [0.1, 0.15) is 17.7 Å². The second-order valence-corrected chi connectivity index (χ2v) is 5.61. The summed E-state index contributed by atoms with van der Waals surface area (Å²) in [4.78, 5) is 43.8. The number of rotatable bonds is 3. The first-order valence-corrected chi connectivity index (χ1v) is 7.35. The second kappa shape index (κ2) is 6.22. The number of benzene rings is 1. The quantitative estimate of drug-likeness (QED) is 0.425. The average molecular weight is 379 g/mol. The van der Waals surface area contributed by atoms with Crippen LogP contribution in [0.2, 0.25) is 0 Å². The first-order valence-electron chi connectivity index (χ1n) is 7.35. The first-order chi connectivity index (χ1) is 13.2. The van der Waals surface area contributed by atoms with E-state index in [9.17, 15) is 45.7 Å². The number of Topliss-reactive ketones (excluding diaryl/α,β-unsaturated/α-hetero) is 1. The summed E-state index contributed by atoms with van der Waals surface area (Å²) in [5, 5.41) is 52.3. The van der Waals surface area contributed by atoms with Crippen LogP contribution < -0.4 is 0 Å². The van der Waals surface area contributed by atoms with E-state index in [1.54, 1.807) is 0 Å². The minimum absolute atomic E-state index is 0.00306. The number of nitro benzene ring substituents is 1. The van der Waals surface area contributed by atoms with Gasteiger partial charge in [-0.15, -0.1) is 0 Å². The van der Waals surface area contributed by atoms with Gasteiger partial charge in [-0.1, -0.05) is 0 Å². The van der Waals surface area contributed by atoms with Gasteiger partial charge in [0, 0.05) is 28.2 Å². The Kier molecular flexibility index (Phi) is 4.02. The summed E-state index contributed by atoms with van der Waals surface area (Å²) in [5.74, 6) is -1.15. The van der Waals surface area contributed by atoms with Gasteiger partial charge in [-0.25, -0.2) is 0 Å². The minimum atomic E-state index is -2.09. The lowest BCUT2D eigenvalue weighted by molar-refractivity contribution is -0.497. The fraction of sp³-hybridized carbons (Fsp3) is 0.0625. The van der Waals surface area contributed by atoms with Crippen molar-refractivity contribution in [3.63, 3.8) is 0 Å². The number of nitriles is 2. The van der Waals surface area contributed by atoms with E-state index in [4.69, 9.17) is 0 Å². The number of non-ortho nitro benzene ring substituents is 1. The highest BCUT2D eigenvalue weighted by molar-refractivity contribution is 6.26. The molecular weight excluding hydrogens is 374 g/mol. The maximum atomic E-state index is 12.7. The standard InChI is InChI=1S/C16H5N5O7/c17-5-7(6-18)13-10-3-8(19(23)24)1-2-9(10)14-11(20(25)26)4-12(21(27)28)16(22)15(13)14/h1-4,12H. The Bertz CT molecular complexity index is 1180. The zero-order valence-electron chi connectivity index (χ0n) is 13.5. The summed E-state index contributed by atoms with van der Waals surface area (Å²) in [5.41, 5.74) is -3.21. The molecule has 1 aromatic carbocycles. The molecule has 0 saturated heterocycles. The summed E-state index contributed by atoms with van der Waals surface area (Å²) in [7, 11) is 0. The fourth-order valence-electron chi connectivity index (χ4n) is 3.14. The molecule has 2 aliphatic carbocycles. The van der Waals surface area contributed by atoms with Gasteiger partial charge >= 0.3 is 0 Å².